The molecule has 1 unspecified atom stereocenters. The average molecular weight is 302 g/mol. The van der Waals surface area contributed by atoms with Crippen molar-refractivity contribution in [3.05, 3.63) is 23.3 Å². The molecule has 2 nitrogen and oxygen atoms in total. The fraction of sp³-hybridized carbons (Fsp3) is 0.700. The molecule has 1 fully saturated rings. The van der Waals surface area contributed by atoms with Crippen LogP contribution in [-0.2, 0) is 0 Å². The zero-order valence-electron chi connectivity index (χ0n) is 15.0. The van der Waals surface area contributed by atoms with Crippen LogP contribution in [0.25, 0.3) is 0 Å². The summed E-state index contributed by atoms with van der Waals surface area (Å²) in [6.45, 7) is 15.9. The lowest BCUT2D eigenvalue weighted by Gasteiger charge is -2.41. The Morgan fingerprint density at radius 3 is 2.09 bits per heavy atom. The van der Waals surface area contributed by atoms with Crippen molar-refractivity contribution >= 4 is 0 Å². The highest BCUT2D eigenvalue weighted by Gasteiger charge is 2.53. The van der Waals surface area contributed by atoms with E-state index in [1.54, 1.807) is 0 Å². The maximum atomic E-state index is 5.93. The van der Waals surface area contributed by atoms with Crippen molar-refractivity contribution < 1.29 is 9.47 Å². The predicted octanol–water partition coefficient (Wildman–Crippen LogP) is 5.33. The number of fused-ring (bicyclic) bond motifs is 1. The molecule has 1 aromatic rings. The molecule has 0 bridgehead atoms. The van der Waals surface area contributed by atoms with E-state index in [2.05, 4.69) is 53.7 Å². The molecule has 1 aliphatic carbocycles. The summed E-state index contributed by atoms with van der Waals surface area (Å²) in [5, 5.41) is 0. The topological polar surface area (TPSA) is 18.5 Å². The summed E-state index contributed by atoms with van der Waals surface area (Å²) in [5.74, 6) is 3.16. The molecule has 0 N–H and O–H groups in total. The molecule has 2 heteroatoms. The van der Waals surface area contributed by atoms with E-state index >= 15 is 0 Å². The van der Waals surface area contributed by atoms with Crippen molar-refractivity contribution in [2.45, 2.75) is 60.3 Å². The Morgan fingerprint density at radius 1 is 0.955 bits per heavy atom. The minimum atomic E-state index is 0.275. The van der Waals surface area contributed by atoms with Gasteiger partial charge in [-0.25, -0.2) is 0 Å². The third-order valence-corrected chi connectivity index (χ3v) is 6.86. The fourth-order valence-corrected chi connectivity index (χ4v) is 4.24. The minimum Gasteiger partial charge on any atom is -0.490 e. The van der Waals surface area contributed by atoms with Crippen LogP contribution in [0.1, 0.15) is 64.5 Å². The molecule has 1 aromatic carbocycles. The SMILES string of the molecule is Cc1cc2c(cc1C1C[C@H](C)C(C)(C)C1(C)C)OCCCO2. The molecule has 2 aliphatic rings. The molecular formula is C20H30O2. The molecule has 22 heavy (non-hydrogen) atoms. The number of ether oxygens (including phenoxy) is 2. The van der Waals surface area contributed by atoms with Gasteiger partial charge in [0.25, 0.3) is 0 Å². The summed E-state index contributed by atoms with van der Waals surface area (Å²) in [7, 11) is 0. The first kappa shape index (κ1) is 15.7. The number of hydrogen-bond donors (Lipinski definition) is 0. The standard InChI is InChI=1S/C20H30O2/c1-13-10-17-18(22-9-7-8-21-17)12-15(13)16-11-14(2)19(3,4)20(16,5)6/h10,12,14,16H,7-9,11H2,1-6H3/t14-,16?/m0/s1. The molecule has 0 aromatic heterocycles. The van der Waals surface area contributed by atoms with Gasteiger partial charge in [0.2, 0.25) is 0 Å². The molecule has 0 radical (unpaired) electrons. The highest BCUT2D eigenvalue weighted by Crippen LogP contribution is 2.63. The molecular weight excluding hydrogens is 272 g/mol. The van der Waals surface area contributed by atoms with Gasteiger partial charge in [-0.1, -0.05) is 34.6 Å². The van der Waals surface area contributed by atoms with Crippen LogP contribution >= 0.6 is 0 Å². The monoisotopic (exact) mass is 302 g/mol. The average Bonchev–Trinajstić information content (AvgIpc) is 2.64. The largest absolute Gasteiger partial charge is 0.490 e. The zero-order valence-corrected chi connectivity index (χ0v) is 15.0. The number of aryl methyl sites for hydroxylation is 1. The quantitative estimate of drug-likeness (QED) is 0.698. The van der Waals surface area contributed by atoms with Gasteiger partial charge in [0.15, 0.2) is 11.5 Å². The Kier molecular flexibility index (Phi) is 3.70. The second kappa shape index (κ2) is 5.18. The van der Waals surface area contributed by atoms with Gasteiger partial charge in [0, 0.05) is 6.42 Å². The van der Waals surface area contributed by atoms with Crippen LogP contribution in [0, 0.1) is 23.7 Å². The van der Waals surface area contributed by atoms with Gasteiger partial charge in [-0.15, -0.1) is 0 Å². The maximum absolute atomic E-state index is 5.93. The molecule has 0 spiro atoms. The first-order valence-corrected chi connectivity index (χ1v) is 8.65. The first-order valence-electron chi connectivity index (χ1n) is 8.65. The van der Waals surface area contributed by atoms with Gasteiger partial charge in [-0.2, -0.15) is 0 Å². The van der Waals surface area contributed by atoms with E-state index in [1.165, 1.54) is 17.5 Å². The maximum Gasteiger partial charge on any atom is 0.161 e. The van der Waals surface area contributed by atoms with Crippen molar-refractivity contribution in [2.75, 3.05) is 13.2 Å². The molecule has 1 heterocycles. The normalized spacial score (nSPS) is 29.2. The third-order valence-electron chi connectivity index (χ3n) is 6.86. The minimum absolute atomic E-state index is 0.275. The van der Waals surface area contributed by atoms with Gasteiger partial charge < -0.3 is 9.47 Å². The van der Waals surface area contributed by atoms with E-state index in [1.807, 2.05) is 0 Å². The van der Waals surface area contributed by atoms with Gasteiger partial charge >= 0.3 is 0 Å². The molecule has 122 valence electrons. The Labute approximate surface area is 135 Å². The Morgan fingerprint density at radius 2 is 1.55 bits per heavy atom. The molecule has 3 rings (SSSR count). The fourth-order valence-electron chi connectivity index (χ4n) is 4.24. The van der Waals surface area contributed by atoms with E-state index in [0.29, 0.717) is 11.3 Å². The van der Waals surface area contributed by atoms with Crippen LogP contribution in [0.5, 0.6) is 11.5 Å². The molecule has 0 amide bonds. The summed E-state index contributed by atoms with van der Waals surface area (Å²) < 4.78 is 11.8. The Balaban J connectivity index is 2.04. The smallest absolute Gasteiger partial charge is 0.161 e. The Hall–Kier alpha value is -1.18. The van der Waals surface area contributed by atoms with E-state index in [-0.39, 0.29) is 5.41 Å². The van der Waals surface area contributed by atoms with Crippen LogP contribution in [0.3, 0.4) is 0 Å². The zero-order chi connectivity index (χ0) is 16.1. The van der Waals surface area contributed by atoms with Crippen molar-refractivity contribution in [3.63, 3.8) is 0 Å². The number of rotatable bonds is 1. The van der Waals surface area contributed by atoms with Gasteiger partial charge in [-0.3, -0.25) is 0 Å². The van der Waals surface area contributed by atoms with Crippen LogP contribution in [0.4, 0.5) is 0 Å². The van der Waals surface area contributed by atoms with E-state index in [0.717, 1.165) is 37.1 Å². The molecule has 2 atom stereocenters. The van der Waals surface area contributed by atoms with Gasteiger partial charge in [-0.05, 0) is 59.3 Å². The van der Waals surface area contributed by atoms with Gasteiger partial charge in [0.05, 0.1) is 13.2 Å². The summed E-state index contributed by atoms with van der Waals surface area (Å²) in [6, 6.07) is 4.44. The number of benzene rings is 1. The lowest BCUT2D eigenvalue weighted by molar-refractivity contribution is 0.104. The third kappa shape index (κ3) is 2.23. The van der Waals surface area contributed by atoms with Crippen LogP contribution in [-0.4, -0.2) is 13.2 Å². The number of hydrogen-bond acceptors (Lipinski definition) is 2. The van der Waals surface area contributed by atoms with E-state index in [9.17, 15) is 0 Å². The predicted molar refractivity (Wildman–Crippen MR) is 90.9 cm³/mol. The lowest BCUT2D eigenvalue weighted by atomic mass is 9.63. The molecule has 0 saturated heterocycles. The molecule has 1 aliphatic heterocycles. The second-order valence-electron chi connectivity index (χ2n) is 8.34. The Bertz CT molecular complexity index is 571. The summed E-state index contributed by atoms with van der Waals surface area (Å²) in [6.07, 6.45) is 2.21. The van der Waals surface area contributed by atoms with Gasteiger partial charge in [0.1, 0.15) is 0 Å². The second-order valence-corrected chi connectivity index (χ2v) is 8.34. The van der Waals surface area contributed by atoms with Crippen LogP contribution < -0.4 is 9.47 Å². The van der Waals surface area contributed by atoms with Crippen molar-refractivity contribution in [3.8, 4) is 11.5 Å². The summed E-state index contributed by atoms with van der Waals surface area (Å²) >= 11 is 0. The van der Waals surface area contributed by atoms with E-state index in [4.69, 9.17) is 9.47 Å². The summed E-state index contributed by atoms with van der Waals surface area (Å²) in [5.41, 5.74) is 3.41. The van der Waals surface area contributed by atoms with Crippen molar-refractivity contribution in [2.24, 2.45) is 16.7 Å². The van der Waals surface area contributed by atoms with Crippen LogP contribution in [0.15, 0.2) is 12.1 Å². The van der Waals surface area contributed by atoms with E-state index < -0.39 is 0 Å². The first-order chi connectivity index (χ1) is 10.2. The molecule has 1 saturated carbocycles. The highest BCUT2D eigenvalue weighted by atomic mass is 16.5. The highest BCUT2D eigenvalue weighted by molar-refractivity contribution is 5.49. The van der Waals surface area contributed by atoms with Crippen molar-refractivity contribution in [1.29, 1.82) is 0 Å². The lowest BCUT2D eigenvalue weighted by Crippen LogP contribution is -2.33. The van der Waals surface area contributed by atoms with Crippen molar-refractivity contribution in [1.82, 2.24) is 0 Å². The summed E-state index contributed by atoms with van der Waals surface area (Å²) in [4.78, 5) is 0. The van der Waals surface area contributed by atoms with Crippen LogP contribution in [0.2, 0.25) is 0 Å².